The van der Waals surface area contributed by atoms with Gasteiger partial charge in [-0.15, -0.1) is 0 Å². The van der Waals surface area contributed by atoms with Crippen molar-refractivity contribution in [2.24, 2.45) is 0 Å². The molecule has 0 spiro atoms. The Hall–Kier alpha value is -1.23. The van der Waals surface area contributed by atoms with Crippen molar-refractivity contribution in [1.82, 2.24) is 4.98 Å². The van der Waals surface area contributed by atoms with E-state index in [2.05, 4.69) is 9.72 Å². The number of carbonyl (C=O) groups is 1. The molecule has 0 saturated carbocycles. The summed E-state index contributed by atoms with van der Waals surface area (Å²) in [6, 6.07) is 0.985. The lowest BCUT2D eigenvalue weighted by Gasteiger charge is -2.15. The standard InChI is InChI=1S/C9H8ClF2NO2/c1-2-15-8(14)9(11,12)6-3-4-13-5-7(6)10/h3-5H,2H2,1H3. The van der Waals surface area contributed by atoms with E-state index < -0.39 is 17.5 Å². The molecule has 0 bridgehead atoms. The highest BCUT2D eigenvalue weighted by atomic mass is 35.5. The first kappa shape index (κ1) is 11.8. The van der Waals surface area contributed by atoms with Crippen molar-refractivity contribution in [3.8, 4) is 0 Å². The predicted octanol–water partition coefficient (Wildman–Crippen LogP) is 2.39. The van der Waals surface area contributed by atoms with E-state index in [0.717, 1.165) is 18.5 Å². The van der Waals surface area contributed by atoms with Gasteiger partial charge in [0.2, 0.25) is 0 Å². The second-order valence-electron chi connectivity index (χ2n) is 2.65. The number of alkyl halides is 2. The first-order valence-corrected chi connectivity index (χ1v) is 4.53. The second-order valence-corrected chi connectivity index (χ2v) is 3.06. The van der Waals surface area contributed by atoms with Crippen LogP contribution in [0, 0.1) is 0 Å². The van der Waals surface area contributed by atoms with E-state index >= 15 is 0 Å². The van der Waals surface area contributed by atoms with Crippen LogP contribution in [0.1, 0.15) is 12.5 Å². The minimum atomic E-state index is -3.74. The summed E-state index contributed by atoms with van der Waals surface area (Å²) in [6.07, 6.45) is 2.18. The van der Waals surface area contributed by atoms with Crippen molar-refractivity contribution >= 4 is 17.6 Å². The van der Waals surface area contributed by atoms with Gasteiger partial charge in [0.1, 0.15) is 0 Å². The van der Waals surface area contributed by atoms with Gasteiger partial charge in [-0.3, -0.25) is 4.98 Å². The van der Waals surface area contributed by atoms with E-state index in [1.807, 2.05) is 0 Å². The number of carbonyl (C=O) groups excluding carboxylic acids is 1. The molecule has 0 unspecified atom stereocenters. The molecule has 15 heavy (non-hydrogen) atoms. The van der Waals surface area contributed by atoms with E-state index in [1.54, 1.807) is 0 Å². The van der Waals surface area contributed by atoms with Crippen molar-refractivity contribution in [1.29, 1.82) is 0 Å². The van der Waals surface area contributed by atoms with Gasteiger partial charge in [0.25, 0.3) is 0 Å². The van der Waals surface area contributed by atoms with Gasteiger partial charge >= 0.3 is 11.9 Å². The highest BCUT2D eigenvalue weighted by molar-refractivity contribution is 6.31. The first-order valence-electron chi connectivity index (χ1n) is 4.15. The van der Waals surface area contributed by atoms with Crippen LogP contribution in [0.4, 0.5) is 8.78 Å². The van der Waals surface area contributed by atoms with E-state index in [4.69, 9.17) is 11.6 Å². The summed E-state index contributed by atoms with van der Waals surface area (Å²) in [5.74, 6) is -5.35. The second kappa shape index (κ2) is 4.53. The Labute approximate surface area is 90.0 Å². The molecular weight excluding hydrogens is 228 g/mol. The van der Waals surface area contributed by atoms with Crippen molar-refractivity contribution in [3.05, 3.63) is 29.0 Å². The van der Waals surface area contributed by atoms with Crippen LogP contribution >= 0.6 is 11.6 Å². The lowest BCUT2D eigenvalue weighted by Crippen LogP contribution is -2.28. The van der Waals surface area contributed by atoms with E-state index in [1.165, 1.54) is 6.92 Å². The normalized spacial score (nSPS) is 11.2. The quantitative estimate of drug-likeness (QED) is 0.755. The summed E-state index contributed by atoms with van der Waals surface area (Å²) in [5.41, 5.74) is -0.599. The maximum absolute atomic E-state index is 13.4. The molecule has 82 valence electrons. The minimum Gasteiger partial charge on any atom is -0.461 e. The third-order valence-electron chi connectivity index (χ3n) is 1.64. The minimum absolute atomic E-state index is 0.114. The molecule has 0 radical (unpaired) electrons. The number of halogens is 3. The van der Waals surface area contributed by atoms with Gasteiger partial charge in [-0.2, -0.15) is 8.78 Å². The number of hydrogen-bond donors (Lipinski definition) is 0. The number of pyridine rings is 1. The fraction of sp³-hybridized carbons (Fsp3) is 0.333. The average molecular weight is 236 g/mol. The molecular formula is C9H8ClF2NO2. The van der Waals surface area contributed by atoms with Crippen LogP contribution in [-0.4, -0.2) is 17.6 Å². The Morgan fingerprint density at radius 3 is 2.87 bits per heavy atom. The maximum Gasteiger partial charge on any atom is 0.382 e. The zero-order valence-corrected chi connectivity index (χ0v) is 8.59. The molecule has 6 heteroatoms. The molecule has 0 aliphatic heterocycles. The van der Waals surface area contributed by atoms with Crippen LogP contribution < -0.4 is 0 Å². The van der Waals surface area contributed by atoms with Gasteiger partial charge in [0.05, 0.1) is 17.2 Å². The summed E-state index contributed by atoms with van der Waals surface area (Å²) in [5, 5.41) is -0.268. The molecule has 0 atom stereocenters. The van der Waals surface area contributed by atoms with Crippen LogP contribution in [0.15, 0.2) is 18.5 Å². The molecule has 0 aliphatic rings. The van der Waals surface area contributed by atoms with E-state index in [-0.39, 0.29) is 11.6 Å². The van der Waals surface area contributed by atoms with E-state index in [9.17, 15) is 13.6 Å². The van der Waals surface area contributed by atoms with Gasteiger partial charge in [0.15, 0.2) is 0 Å². The van der Waals surface area contributed by atoms with Crippen molar-refractivity contribution < 1.29 is 18.3 Å². The molecule has 1 aromatic heterocycles. The Balaban J connectivity index is 3.05. The SMILES string of the molecule is CCOC(=O)C(F)(F)c1ccncc1Cl. The Bertz CT molecular complexity index is 371. The zero-order valence-electron chi connectivity index (χ0n) is 7.84. The summed E-state index contributed by atoms with van der Waals surface area (Å²) in [6.45, 7) is 1.33. The Morgan fingerprint density at radius 2 is 2.33 bits per heavy atom. The molecule has 0 saturated heterocycles. The average Bonchev–Trinajstić information content (AvgIpc) is 2.18. The molecule has 0 N–H and O–H groups in total. The summed E-state index contributed by atoms with van der Waals surface area (Å²) >= 11 is 5.50. The van der Waals surface area contributed by atoms with Crippen LogP contribution in [0.25, 0.3) is 0 Å². The molecule has 1 rings (SSSR count). The number of hydrogen-bond acceptors (Lipinski definition) is 3. The lowest BCUT2D eigenvalue weighted by atomic mass is 10.1. The monoisotopic (exact) mass is 235 g/mol. The summed E-state index contributed by atoms with van der Waals surface area (Å²) in [4.78, 5) is 14.5. The summed E-state index contributed by atoms with van der Waals surface area (Å²) < 4.78 is 31.1. The van der Waals surface area contributed by atoms with Crippen LogP contribution in [-0.2, 0) is 15.5 Å². The van der Waals surface area contributed by atoms with Gasteiger partial charge in [-0.25, -0.2) is 4.79 Å². The molecule has 0 aliphatic carbocycles. The largest absolute Gasteiger partial charge is 0.461 e. The lowest BCUT2D eigenvalue weighted by molar-refractivity contribution is -0.173. The van der Waals surface area contributed by atoms with E-state index in [0.29, 0.717) is 0 Å². The number of esters is 1. The molecule has 0 fully saturated rings. The van der Waals surface area contributed by atoms with Gasteiger partial charge in [-0.1, -0.05) is 11.6 Å². The molecule has 0 aromatic carbocycles. The topological polar surface area (TPSA) is 39.2 Å². The fourth-order valence-corrected chi connectivity index (χ4v) is 1.20. The highest BCUT2D eigenvalue weighted by Crippen LogP contribution is 2.33. The highest BCUT2D eigenvalue weighted by Gasteiger charge is 2.44. The number of ether oxygens (including phenoxy) is 1. The Kier molecular flexibility index (Phi) is 3.57. The predicted molar refractivity (Wildman–Crippen MR) is 49.8 cm³/mol. The van der Waals surface area contributed by atoms with Crippen molar-refractivity contribution in [2.75, 3.05) is 6.61 Å². The molecule has 1 heterocycles. The third kappa shape index (κ3) is 2.41. The van der Waals surface area contributed by atoms with Crippen molar-refractivity contribution in [2.45, 2.75) is 12.8 Å². The van der Waals surface area contributed by atoms with Crippen molar-refractivity contribution in [3.63, 3.8) is 0 Å². The molecule has 1 aromatic rings. The molecule has 3 nitrogen and oxygen atoms in total. The zero-order chi connectivity index (χ0) is 11.5. The maximum atomic E-state index is 13.4. The van der Waals surface area contributed by atoms with Crippen LogP contribution in [0.2, 0.25) is 5.02 Å². The van der Waals surface area contributed by atoms with Crippen LogP contribution in [0.5, 0.6) is 0 Å². The third-order valence-corrected chi connectivity index (χ3v) is 1.94. The number of rotatable bonds is 3. The fourth-order valence-electron chi connectivity index (χ4n) is 0.962. The molecule has 0 amide bonds. The first-order chi connectivity index (χ1) is 7.00. The smallest absolute Gasteiger partial charge is 0.382 e. The summed E-state index contributed by atoms with van der Waals surface area (Å²) in [7, 11) is 0. The van der Waals surface area contributed by atoms with Crippen LogP contribution in [0.3, 0.4) is 0 Å². The Morgan fingerprint density at radius 1 is 1.67 bits per heavy atom. The van der Waals surface area contributed by atoms with Gasteiger partial charge < -0.3 is 4.74 Å². The van der Waals surface area contributed by atoms with Gasteiger partial charge in [0, 0.05) is 12.4 Å². The number of nitrogens with zero attached hydrogens (tertiary/aromatic N) is 1. The number of aromatic nitrogens is 1. The van der Waals surface area contributed by atoms with Gasteiger partial charge in [-0.05, 0) is 13.0 Å².